The van der Waals surface area contributed by atoms with Crippen LogP contribution in [0.5, 0.6) is 5.75 Å². The molecule has 0 saturated heterocycles. The predicted molar refractivity (Wildman–Crippen MR) is 74.7 cm³/mol. The highest BCUT2D eigenvalue weighted by molar-refractivity contribution is 5.96. The normalized spacial score (nSPS) is 18.1. The summed E-state index contributed by atoms with van der Waals surface area (Å²) < 4.78 is 5.75. The smallest absolute Gasteiger partial charge is 0.163 e. The average molecular weight is 262 g/mol. The fraction of sp³-hybridized carbons (Fsp3) is 0.562. The maximum atomic E-state index is 11.6. The molecule has 0 spiro atoms. The van der Waals surface area contributed by atoms with Gasteiger partial charge >= 0.3 is 0 Å². The van der Waals surface area contributed by atoms with E-state index in [9.17, 15) is 9.90 Å². The van der Waals surface area contributed by atoms with Crippen molar-refractivity contribution in [2.24, 2.45) is 0 Å². The van der Waals surface area contributed by atoms with E-state index in [0.717, 1.165) is 31.2 Å². The maximum Gasteiger partial charge on any atom is 0.163 e. The van der Waals surface area contributed by atoms with Crippen LogP contribution in [0.2, 0.25) is 0 Å². The van der Waals surface area contributed by atoms with Crippen molar-refractivity contribution < 1.29 is 14.6 Å². The lowest BCUT2D eigenvalue weighted by Gasteiger charge is -2.31. The van der Waals surface area contributed by atoms with Gasteiger partial charge in [0.05, 0.1) is 11.2 Å². The molecule has 0 aromatic heterocycles. The minimum atomic E-state index is -0.726. The Balaban J connectivity index is 2.10. The number of hydrogen-bond donors (Lipinski definition) is 1. The second-order valence-corrected chi connectivity index (χ2v) is 5.63. The van der Waals surface area contributed by atoms with Gasteiger partial charge in [-0.25, -0.2) is 0 Å². The van der Waals surface area contributed by atoms with Crippen LogP contribution < -0.4 is 4.74 Å². The lowest BCUT2D eigenvalue weighted by molar-refractivity contribution is -0.0340. The molecule has 3 nitrogen and oxygen atoms in total. The van der Waals surface area contributed by atoms with Crippen molar-refractivity contribution in [3.05, 3.63) is 29.3 Å². The molecular weight excluding hydrogens is 240 g/mol. The SMILES string of the molecule is CC(=O)c1ccc(C)cc1OCC1(O)CCCCC1. The number of aryl methyl sites for hydroxylation is 1. The molecule has 1 aliphatic carbocycles. The number of ketones is 1. The van der Waals surface area contributed by atoms with Crippen LogP contribution in [0, 0.1) is 6.92 Å². The monoisotopic (exact) mass is 262 g/mol. The van der Waals surface area contributed by atoms with Crippen LogP contribution in [0.1, 0.15) is 54.9 Å². The van der Waals surface area contributed by atoms with Crippen molar-refractivity contribution in [2.75, 3.05) is 6.61 Å². The van der Waals surface area contributed by atoms with E-state index in [1.165, 1.54) is 13.3 Å². The molecule has 1 N–H and O–H groups in total. The van der Waals surface area contributed by atoms with Crippen molar-refractivity contribution >= 4 is 5.78 Å². The number of ether oxygens (including phenoxy) is 1. The zero-order valence-corrected chi connectivity index (χ0v) is 11.7. The van der Waals surface area contributed by atoms with Gasteiger partial charge in [-0.15, -0.1) is 0 Å². The van der Waals surface area contributed by atoms with E-state index in [0.29, 0.717) is 11.3 Å². The van der Waals surface area contributed by atoms with Crippen LogP contribution >= 0.6 is 0 Å². The van der Waals surface area contributed by atoms with E-state index in [-0.39, 0.29) is 12.4 Å². The molecule has 1 aromatic rings. The first-order valence-corrected chi connectivity index (χ1v) is 6.97. The van der Waals surface area contributed by atoms with E-state index >= 15 is 0 Å². The van der Waals surface area contributed by atoms with Gasteiger partial charge in [0.25, 0.3) is 0 Å². The number of aliphatic hydroxyl groups is 1. The standard InChI is InChI=1S/C16H22O3/c1-12-6-7-14(13(2)17)15(10-12)19-11-16(18)8-4-3-5-9-16/h6-7,10,18H,3-5,8-9,11H2,1-2H3. The molecule has 0 unspecified atom stereocenters. The fourth-order valence-corrected chi connectivity index (χ4v) is 2.61. The van der Waals surface area contributed by atoms with Gasteiger partial charge in [-0.05, 0) is 44.4 Å². The Labute approximate surface area is 114 Å². The third kappa shape index (κ3) is 3.57. The minimum Gasteiger partial charge on any atom is -0.490 e. The lowest BCUT2D eigenvalue weighted by Crippen LogP contribution is -2.38. The maximum absolute atomic E-state index is 11.6. The van der Waals surface area contributed by atoms with Crippen LogP contribution in [0.4, 0.5) is 0 Å². The first-order valence-electron chi connectivity index (χ1n) is 6.97. The van der Waals surface area contributed by atoms with Gasteiger partial charge in [0.1, 0.15) is 12.4 Å². The van der Waals surface area contributed by atoms with Crippen LogP contribution in [-0.4, -0.2) is 23.1 Å². The van der Waals surface area contributed by atoms with Crippen LogP contribution in [0.3, 0.4) is 0 Å². The Morgan fingerprint density at radius 1 is 1.32 bits per heavy atom. The summed E-state index contributed by atoms with van der Waals surface area (Å²) in [4.78, 5) is 11.6. The lowest BCUT2D eigenvalue weighted by atomic mass is 9.85. The van der Waals surface area contributed by atoms with Crippen LogP contribution in [0.15, 0.2) is 18.2 Å². The summed E-state index contributed by atoms with van der Waals surface area (Å²) in [6.07, 6.45) is 4.86. The summed E-state index contributed by atoms with van der Waals surface area (Å²) in [5.74, 6) is 0.581. The fourth-order valence-electron chi connectivity index (χ4n) is 2.61. The van der Waals surface area contributed by atoms with Crippen molar-refractivity contribution in [2.45, 2.75) is 51.6 Å². The van der Waals surface area contributed by atoms with Crippen molar-refractivity contribution in [3.63, 3.8) is 0 Å². The van der Waals surface area contributed by atoms with E-state index in [4.69, 9.17) is 4.74 Å². The highest BCUT2D eigenvalue weighted by Gasteiger charge is 2.30. The Kier molecular flexibility index (Phi) is 4.25. The highest BCUT2D eigenvalue weighted by Crippen LogP contribution is 2.30. The van der Waals surface area contributed by atoms with E-state index in [1.807, 2.05) is 19.1 Å². The number of Topliss-reactive ketones (excluding diaryl/α,β-unsaturated/α-hetero) is 1. The molecule has 1 fully saturated rings. The summed E-state index contributed by atoms with van der Waals surface area (Å²) in [6, 6.07) is 5.56. The summed E-state index contributed by atoms with van der Waals surface area (Å²) >= 11 is 0. The van der Waals surface area contributed by atoms with Gasteiger partial charge in [0.2, 0.25) is 0 Å². The Morgan fingerprint density at radius 3 is 2.63 bits per heavy atom. The van der Waals surface area contributed by atoms with Gasteiger partial charge in [0, 0.05) is 0 Å². The molecule has 1 aliphatic rings. The molecule has 3 heteroatoms. The predicted octanol–water partition coefficient (Wildman–Crippen LogP) is 3.27. The Bertz CT molecular complexity index is 459. The zero-order valence-electron chi connectivity index (χ0n) is 11.7. The molecular formula is C16H22O3. The summed E-state index contributed by atoms with van der Waals surface area (Å²) in [7, 11) is 0. The highest BCUT2D eigenvalue weighted by atomic mass is 16.5. The average Bonchev–Trinajstić information content (AvgIpc) is 2.37. The topological polar surface area (TPSA) is 46.5 Å². The van der Waals surface area contributed by atoms with Gasteiger partial charge in [-0.2, -0.15) is 0 Å². The first kappa shape index (κ1) is 14.1. The molecule has 0 atom stereocenters. The van der Waals surface area contributed by atoms with Crippen LogP contribution in [0.25, 0.3) is 0 Å². The van der Waals surface area contributed by atoms with Gasteiger partial charge in [-0.3, -0.25) is 4.79 Å². The minimum absolute atomic E-state index is 0.00867. The molecule has 0 amide bonds. The Hall–Kier alpha value is -1.35. The quantitative estimate of drug-likeness (QED) is 0.847. The number of carbonyl (C=O) groups is 1. The third-order valence-corrected chi connectivity index (χ3v) is 3.80. The first-order chi connectivity index (χ1) is 9.00. The van der Waals surface area contributed by atoms with E-state index in [1.54, 1.807) is 6.07 Å². The van der Waals surface area contributed by atoms with Crippen LogP contribution in [-0.2, 0) is 0 Å². The second kappa shape index (κ2) is 5.74. The second-order valence-electron chi connectivity index (χ2n) is 5.63. The van der Waals surface area contributed by atoms with E-state index < -0.39 is 5.60 Å². The molecule has 0 radical (unpaired) electrons. The summed E-state index contributed by atoms with van der Waals surface area (Å²) in [5, 5.41) is 10.4. The number of carbonyl (C=O) groups excluding carboxylic acids is 1. The Morgan fingerprint density at radius 2 is 2.00 bits per heavy atom. The summed E-state index contributed by atoms with van der Waals surface area (Å²) in [5.41, 5.74) is 0.913. The van der Waals surface area contributed by atoms with Crippen molar-refractivity contribution in [1.29, 1.82) is 0 Å². The molecule has 0 bridgehead atoms. The number of hydrogen-bond acceptors (Lipinski definition) is 3. The summed E-state index contributed by atoms with van der Waals surface area (Å²) in [6.45, 7) is 3.77. The van der Waals surface area contributed by atoms with Gasteiger partial charge < -0.3 is 9.84 Å². The van der Waals surface area contributed by atoms with Gasteiger partial charge in [0.15, 0.2) is 5.78 Å². The largest absolute Gasteiger partial charge is 0.490 e. The molecule has 0 aliphatic heterocycles. The number of rotatable bonds is 4. The molecule has 2 rings (SSSR count). The third-order valence-electron chi connectivity index (χ3n) is 3.80. The van der Waals surface area contributed by atoms with Gasteiger partial charge in [-0.1, -0.05) is 25.3 Å². The zero-order chi connectivity index (χ0) is 13.9. The molecule has 19 heavy (non-hydrogen) atoms. The van der Waals surface area contributed by atoms with Crippen molar-refractivity contribution in [1.82, 2.24) is 0 Å². The molecule has 1 aromatic carbocycles. The molecule has 0 heterocycles. The molecule has 104 valence electrons. The molecule has 1 saturated carbocycles. The van der Waals surface area contributed by atoms with E-state index in [2.05, 4.69) is 0 Å². The van der Waals surface area contributed by atoms with Crippen molar-refractivity contribution in [3.8, 4) is 5.75 Å². The number of benzene rings is 1.